The molecule has 27 heavy (non-hydrogen) atoms. The summed E-state index contributed by atoms with van der Waals surface area (Å²) < 4.78 is 5.72. The number of carbonyl (C=O) groups excluding carboxylic acids is 1. The van der Waals surface area contributed by atoms with E-state index in [0.29, 0.717) is 11.1 Å². The molecule has 2 N–H and O–H groups in total. The summed E-state index contributed by atoms with van der Waals surface area (Å²) in [6, 6.07) is 13.9. The molecule has 136 valence electrons. The highest BCUT2D eigenvalue weighted by molar-refractivity contribution is 7.99. The molecule has 2 aromatic heterocycles. The van der Waals surface area contributed by atoms with E-state index in [1.807, 2.05) is 62.5 Å². The molecule has 0 radical (unpaired) electrons. The molecule has 0 aliphatic heterocycles. The van der Waals surface area contributed by atoms with Gasteiger partial charge >= 0.3 is 0 Å². The van der Waals surface area contributed by atoms with Crippen LogP contribution in [0.15, 0.2) is 58.3 Å². The van der Waals surface area contributed by atoms with Crippen LogP contribution in [0.3, 0.4) is 0 Å². The number of fused-ring (bicyclic) bond motifs is 1. The molecular weight excluding hydrogens is 360 g/mol. The van der Waals surface area contributed by atoms with Crippen LogP contribution >= 0.6 is 11.8 Å². The molecule has 4 rings (SSSR count). The topological polar surface area (TPSA) is 83.8 Å². The van der Waals surface area contributed by atoms with Crippen molar-refractivity contribution in [2.45, 2.75) is 19.1 Å². The lowest BCUT2D eigenvalue weighted by Crippen LogP contribution is -2.14. The van der Waals surface area contributed by atoms with Gasteiger partial charge in [0.05, 0.1) is 11.3 Å². The number of hydrogen-bond acceptors (Lipinski definition) is 5. The van der Waals surface area contributed by atoms with Crippen molar-refractivity contribution < 1.29 is 9.21 Å². The minimum absolute atomic E-state index is 0.111. The smallest absolute Gasteiger partial charge is 0.277 e. The third-order valence-electron chi connectivity index (χ3n) is 4.22. The second kappa shape index (κ2) is 7.28. The highest BCUT2D eigenvalue weighted by Crippen LogP contribution is 2.29. The van der Waals surface area contributed by atoms with Crippen LogP contribution in [-0.2, 0) is 4.79 Å². The minimum atomic E-state index is -0.111. The molecule has 0 spiro atoms. The maximum atomic E-state index is 12.2. The fourth-order valence-electron chi connectivity index (χ4n) is 2.81. The number of nitrogens with zero attached hydrogens (tertiary/aromatic N) is 2. The first-order valence-electron chi connectivity index (χ1n) is 8.50. The number of hydrogen-bond donors (Lipinski definition) is 2. The van der Waals surface area contributed by atoms with E-state index < -0.39 is 0 Å². The second-order valence-corrected chi connectivity index (χ2v) is 7.20. The van der Waals surface area contributed by atoms with Crippen molar-refractivity contribution in [3.05, 3.63) is 59.8 Å². The molecule has 0 fully saturated rings. The zero-order valence-corrected chi connectivity index (χ0v) is 15.8. The van der Waals surface area contributed by atoms with Gasteiger partial charge in [-0.3, -0.25) is 4.79 Å². The molecule has 7 heteroatoms. The molecule has 1 amide bonds. The van der Waals surface area contributed by atoms with Gasteiger partial charge in [-0.15, -0.1) is 10.2 Å². The van der Waals surface area contributed by atoms with E-state index in [1.165, 1.54) is 11.8 Å². The minimum Gasteiger partial charge on any atom is -0.411 e. The van der Waals surface area contributed by atoms with Gasteiger partial charge in [0.15, 0.2) is 0 Å². The number of nitrogens with one attached hydrogen (secondary N) is 2. The largest absolute Gasteiger partial charge is 0.411 e. The van der Waals surface area contributed by atoms with Gasteiger partial charge in [0.1, 0.15) is 0 Å². The van der Waals surface area contributed by atoms with E-state index in [9.17, 15) is 4.79 Å². The third-order valence-corrected chi connectivity index (χ3v) is 5.04. The van der Waals surface area contributed by atoms with E-state index in [1.54, 1.807) is 0 Å². The third kappa shape index (κ3) is 3.73. The fraction of sp³-hybridized carbons (Fsp3) is 0.150. The average molecular weight is 378 g/mol. The summed E-state index contributed by atoms with van der Waals surface area (Å²) in [4.78, 5) is 15.4. The molecule has 0 saturated carbocycles. The molecule has 0 bridgehead atoms. The lowest BCUT2D eigenvalue weighted by Gasteiger charge is -2.08. The van der Waals surface area contributed by atoms with Crippen molar-refractivity contribution >= 4 is 34.3 Å². The number of H-pyrrole nitrogens is 1. The van der Waals surface area contributed by atoms with Crippen LogP contribution < -0.4 is 5.32 Å². The van der Waals surface area contributed by atoms with E-state index in [2.05, 4.69) is 20.5 Å². The number of rotatable bonds is 5. The number of para-hydroxylation sites is 1. The first kappa shape index (κ1) is 17.4. The highest BCUT2D eigenvalue weighted by Gasteiger charge is 2.14. The average Bonchev–Trinajstić information content (AvgIpc) is 3.29. The van der Waals surface area contributed by atoms with Crippen molar-refractivity contribution in [3.8, 4) is 11.5 Å². The maximum absolute atomic E-state index is 12.2. The van der Waals surface area contributed by atoms with Crippen molar-refractivity contribution in [3.63, 3.8) is 0 Å². The Morgan fingerprint density at radius 2 is 2.04 bits per heavy atom. The Balaban J connectivity index is 1.42. The van der Waals surface area contributed by atoms with Gasteiger partial charge in [-0.1, -0.05) is 42.1 Å². The van der Waals surface area contributed by atoms with Crippen LogP contribution in [-0.4, -0.2) is 26.8 Å². The quantitative estimate of drug-likeness (QED) is 0.497. The monoisotopic (exact) mass is 378 g/mol. The normalized spacial score (nSPS) is 11.0. The molecule has 0 aliphatic carbocycles. The van der Waals surface area contributed by atoms with Crippen molar-refractivity contribution in [2.24, 2.45) is 0 Å². The van der Waals surface area contributed by atoms with Gasteiger partial charge in [-0.05, 0) is 37.1 Å². The molecule has 2 heterocycles. The maximum Gasteiger partial charge on any atom is 0.277 e. The number of aromatic amines is 1. The summed E-state index contributed by atoms with van der Waals surface area (Å²) in [6.45, 7) is 3.96. The van der Waals surface area contributed by atoms with Crippen LogP contribution in [0.4, 0.5) is 5.69 Å². The zero-order valence-electron chi connectivity index (χ0n) is 14.9. The van der Waals surface area contributed by atoms with Crippen molar-refractivity contribution in [2.75, 3.05) is 11.1 Å². The first-order valence-corrected chi connectivity index (χ1v) is 9.48. The predicted octanol–water partition coefficient (Wildman–Crippen LogP) is 4.57. The molecule has 0 atom stereocenters. The summed E-state index contributed by atoms with van der Waals surface area (Å²) in [5, 5.41) is 12.5. The van der Waals surface area contributed by atoms with Gasteiger partial charge in [-0.25, -0.2) is 0 Å². The summed E-state index contributed by atoms with van der Waals surface area (Å²) in [5.41, 5.74) is 4.81. The second-order valence-electron chi connectivity index (χ2n) is 6.28. The Hall–Kier alpha value is -3.06. The molecule has 4 aromatic rings. The first-order chi connectivity index (χ1) is 13.1. The fourth-order valence-corrected chi connectivity index (χ4v) is 3.37. The van der Waals surface area contributed by atoms with Crippen LogP contribution in [0, 0.1) is 13.8 Å². The molecule has 0 saturated heterocycles. The Labute approximate surface area is 160 Å². The van der Waals surface area contributed by atoms with Gasteiger partial charge < -0.3 is 14.7 Å². The van der Waals surface area contributed by atoms with Gasteiger partial charge in [0.2, 0.25) is 5.91 Å². The summed E-state index contributed by atoms with van der Waals surface area (Å²) in [6.07, 6.45) is 1.85. The number of aromatic nitrogens is 3. The lowest BCUT2D eigenvalue weighted by atomic mass is 10.1. The van der Waals surface area contributed by atoms with Crippen LogP contribution in [0.2, 0.25) is 0 Å². The Morgan fingerprint density at radius 3 is 2.93 bits per heavy atom. The van der Waals surface area contributed by atoms with E-state index in [4.69, 9.17) is 4.42 Å². The molecule has 6 nitrogen and oxygen atoms in total. The van der Waals surface area contributed by atoms with Crippen molar-refractivity contribution in [1.29, 1.82) is 0 Å². The Bertz CT molecular complexity index is 1120. The molecule has 0 aliphatic rings. The highest BCUT2D eigenvalue weighted by atomic mass is 32.2. The van der Waals surface area contributed by atoms with E-state index >= 15 is 0 Å². The van der Waals surface area contributed by atoms with Gasteiger partial charge in [0.25, 0.3) is 11.1 Å². The molecular formula is C20H18N4O2S. The van der Waals surface area contributed by atoms with Crippen LogP contribution in [0.5, 0.6) is 0 Å². The Morgan fingerprint density at radius 1 is 1.19 bits per heavy atom. The Kier molecular flexibility index (Phi) is 4.68. The van der Waals surface area contributed by atoms with E-state index in [0.717, 1.165) is 33.3 Å². The van der Waals surface area contributed by atoms with Gasteiger partial charge in [0, 0.05) is 22.8 Å². The summed E-state index contributed by atoms with van der Waals surface area (Å²) in [7, 11) is 0. The number of thioether (sulfide) groups is 1. The number of amides is 1. The number of aryl methyl sites for hydroxylation is 2. The van der Waals surface area contributed by atoms with Crippen molar-refractivity contribution in [1.82, 2.24) is 15.2 Å². The number of carbonyl (C=O) groups is 1. The van der Waals surface area contributed by atoms with Gasteiger partial charge in [-0.2, -0.15) is 0 Å². The summed E-state index contributed by atoms with van der Waals surface area (Å²) in [5.74, 6) is 0.522. The lowest BCUT2D eigenvalue weighted by molar-refractivity contribution is -0.113. The molecule has 0 unspecified atom stereocenters. The van der Waals surface area contributed by atoms with Crippen LogP contribution in [0.1, 0.15) is 11.1 Å². The number of anilines is 1. The standard InChI is InChI=1S/C20H18N4O2S/c1-12-7-8-13(2)17(9-12)22-18(25)11-27-20-24-23-19(26-20)15-10-21-16-6-4-3-5-14(15)16/h3-10,21H,11H2,1-2H3,(H,22,25). The van der Waals surface area contributed by atoms with Crippen LogP contribution in [0.25, 0.3) is 22.4 Å². The van der Waals surface area contributed by atoms with E-state index in [-0.39, 0.29) is 11.7 Å². The molecule has 2 aromatic carbocycles. The SMILES string of the molecule is Cc1ccc(C)c(NC(=O)CSc2nnc(-c3c[nH]c4ccccc34)o2)c1. The number of benzene rings is 2. The predicted molar refractivity (Wildman–Crippen MR) is 107 cm³/mol. The summed E-state index contributed by atoms with van der Waals surface area (Å²) >= 11 is 1.22. The zero-order chi connectivity index (χ0) is 18.8.